The number of halogens is 3. The topological polar surface area (TPSA) is 78.5 Å². The van der Waals surface area contributed by atoms with Crippen LogP contribution in [0.1, 0.15) is 19.3 Å². The molecule has 164 valence electrons. The molecule has 1 aliphatic rings. The van der Waals surface area contributed by atoms with Crippen molar-refractivity contribution < 1.29 is 8.78 Å². The van der Waals surface area contributed by atoms with Crippen molar-refractivity contribution in [1.82, 2.24) is 25.5 Å². The number of nitrogens with one attached hydrogen (secondary N) is 3. The minimum atomic E-state index is -0.816. The fourth-order valence-corrected chi connectivity index (χ4v) is 4.15. The second kappa shape index (κ2) is 8.80. The predicted molar refractivity (Wildman–Crippen MR) is 122 cm³/mol. The summed E-state index contributed by atoms with van der Waals surface area (Å²) in [6.07, 6.45) is 7.05. The van der Waals surface area contributed by atoms with Gasteiger partial charge in [-0.1, -0.05) is 18.0 Å². The molecular formula is C23H21ClF2N6. The number of benzene rings is 1. The first-order valence-corrected chi connectivity index (χ1v) is 10.9. The summed E-state index contributed by atoms with van der Waals surface area (Å²) in [5.74, 6) is -1.56. The highest BCUT2D eigenvalue weighted by Gasteiger charge is 2.18. The summed E-state index contributed by atoms with van der Waals surface area (Å²) in [5, 5.41) is 13.7. The van der Waals surface area contributed by atoms with Gasteiger partial charge in [0.25, 0.3) is 0 Å². The van der Waals surface area contributed by atoms with Crippen molar-refractivity contribution in [2.75, 3.05) is 18.4 Å². The highest BCUT2D eigenvalue weighted by atomic mass is 35.5. The van der Waals surface area contributed by atoms with Crippen molar-refractivity contribution in [3.05, 3.63) is 59.4 Å². The number of rotatable bonds is 5. The summed E-state index contributed by atoms with van der Waals surface area (Å²) >= 11 is 5.87. The summed E-state index contributed by atoms with van der Waals surface area (Å²) in [6.45, 7) is 1.88. The molecule has 1 aromatic carbocycles. The molecule has 1 aliphatic heterocycles. The largest absolute Gasteiger partial charge is 0.382 e. The van der Waals surface area contributed by atoms with Crippen molar-refractivity contribution in [1.29, 1.82) is 0 Å². The maximum atomic E-state index is 14.4. The first-order chi connectivity index (χ1) is 15.6. The molecule has 4 heterocycles. The standard InChI is InChI=1S/C23H21ClF2N6/c24-17-8-15(18(25)9-19(17)26)23-16(12-30-32-23)20-4-5-21-22(31-20)7-14(11-29-21)28-10-13-3-1-2-6-27-13/h4-5,7-9,11-13,27-28H,1-3,6,10H2,(H,30,32)/t13-/m0/s1. The van der Waals surface area contributed by atoms with Crippen molar-refractivity contribution in [2.45, 2.75) is 25.3 Å². The van der Waals surface area contributed by atoms with E-state index in [1.807, 2.05) is 12.1 Å². The van der Waals surface area contributed by atoms with Gasteiger partial charge < -0.3 is 10.6 Å². The Bertz CT molecular complexity index is 1270. The molecule has 0 aliphatic carbocycles. The Kier molecular flexibility index (Phi) is 5.71. The Hall–Kier alpha value is -3.10. The molecule has 3 aromatic heterocycles. The Morgan fingerprint density at radius 2 is 1.97 bits per heavy atom. The molecule has 5 rings (SSSR count). The van der Waals surface area contributed by atoms with Gasteiger partial charge in [-0.05, 0) is 43.7 Å². The van der Waals surface area contributed by atoms with Crippen LogP contribution in [-0.2, 0) is 0 Å². The first kappa shape index (κ1) is 20.8. The lowest BCUT2D eigenvalue weighted by molar-refractivity contribution is 0.414. The summed E-state index contributed by atoms with van der Waals surface area (Å²) in [4.78, 5) is 9.22. The number of hydrogen-bond acceptors (Lipinski definition) is 5. The summed E-state index contributed by atoms with van der Waals surface area (Å²) in [6, 6.07) is 8.04. The number of anilines is 1. The second-order valence-electron chi connectivity index (χ2n) is 7.88. The molecule has 9 heteroatoms. The van der Waals surface area contributed by atoms with Crippen LogP contribution < -0.4 is 10.6 Å². The molecule has 0 saturated carbocycles. The molecule has 0 spiro atoms. The average Bonchev–Trinajstić information content (AvgIpc) is 3.30. The van der Waals surface area contributed by atoms with Crippen molar-refractivity contribution >= 4 is 28.3 Å². The number of aromatic nitrogens is 4. The molecule has 0 radical (unpaired) electrons. The Morgan fingerprint density at radius 3 is 2.81 bits per heavy atom. The summed E-state index contributed by atoms with van der Waals surface area (Å²) < 4.78 is 28.0. The first-order valence-electron chi connectivity index (χ1n) is 10.5. The molecule has 0 bridgehead atoms. The van der Waals surface area contributed by atoms with Crippen molar-refractivity contribution in [3.63, 3.8) is 0 Å². The van der Waals surface area contributed by atoms with Crippen molar-refractivity contribution in [3.8, 4) is 22.5 Å². The van der Waals surface area contributed by atoms with Gasteiger partial charge in [-0.25, -0.2) is 13.8 Å². The van der Waals surface area contributed by atoms with Gasteiger partial charge in [-0.2, -0.15) is 5.10 Å². The number of H-pyrrole nitrogens is 1. The van der Waals surface area contributed by atoms with Gasteiger partial charge in [0.15, 0.2) is 0 Å². The molecular weight excluding hydrogens is 434 g/mol. The number of fused-ring (bicyclic) bond motifs is 1. The third-order valence-electron chi connectivity index (χ3n) is 5.68. The maximum Gasteiger partial charge on any atom is 0.144 e. The summed E-state index contributed by atoms with van der Waals surface area (Å²) in [5.41, 5.74) is 3.92. The molecule has 1 saturated heterocycles. The smallest absolute Gasteiger partial charge is 0.144 e. The van der Waals surface area contributed by atoms with E-state index in [0.29, 0.717) is 28.5 Å². The van der Waals surface area contributed by atoms with Gasteiger partial charge in [0.05, 0.1) is 33.6 Å². The van der Waals surface area contributed by atoms with Gasteiger partial charge in [-0.3, -0.25) is 10.1 Å². The highest BCUT2D eigenvalue weighted by Crippen LogP contribution is 2.34. The Labute approximate surface area is 188 Å². The highest BCUT2D eigenvalue weighted by molar-refractivity contribution is 6.31. The van der Waals surface area contributed by atoms with Crippen LogP contribution in [0.3, 0.4) is 0 Å². The third-order valence-corrected chi connectivity index (χ3v) is 5.97. The number of nitrogens with zero attached hydrogens (tertiary/aromatic N) is 3. The number of aromatic amines is 1. The van der Waals surface area contributed by atoms with E-state index in [1.165, 1.54) is 18.9 Å². The Morgan fingerprint density at radius 1 is 1.06 bits per heavy atom. The molecule has 6 nitrogen and oxygen atoms in total. The van der Waals surface area contributed by atoms with Crippen LogP contribution in [0.15, 0.2) is 42.7 Å². The van der Waals surface area contributed by atoms with Crippen LogP contribution in [0.25, 0.3) is 33.5 Å². The van der Waals surface area contributed by atoms with Crippen molar-refractivity contribution in [2.24, 2.45) is 0 Å². The average molecular weight is 455 g/mol. The Balaban J connectivity index is 1.45. The lowest BCUT2D eigenvalue weighted by Gasteiger charge is -2.24. The van der Waals surface area contributed by atoms with E-state index in [1.54, 1.807) is 18.5 Å². The molecule has 3 N–H and O–H groups in total. The lowest BCUT2D eigenvalue weighted by Crippen LogP contribution is -2.39. The van der Waals surface area contributed by atoms with E-state index in [0.717, 1.165) is 36.8 Å². The zero-order valence-corrected chi connectivity index (χ0v) is 17.9. The van der Waals surface area contributed by atoms with Crippen LogP contribution in [0.4, 0.5) is 14.5 Å². The van der Waals surface area contributed by atoms with Crippen LogP contribution in [0.2, 0.25) is 5.02 Å². The number of hydrogen-bond donors (Lipinski definition) is 3. The zero-order chi connectivity index (χ0) is 22.1. The molecule has 32 heavy (non-hydrogen) atoms. The molecule has 4 aromatic rings. The van der Waals surface area contributed by atoms with Crippen LogP contribution in [0, 0.1) is 11.6 Å². The minimum Gasteiger partial charge on any atom is -0.382 e. The number of pyridine rings is 2. The summed E-state index contributed by atoms with van der Waals surface area (Å²) in [7, 11) is 0. The van der Waals surface area contributed by atoms with E-state index in [2.05, 4.69) is 25.8 Å². The van der Waals surface area contributed by atoms with Gasteiger partial charge in [0.2, 0.25) is 0 Å². The fourth-order valence-electron chi connectivity index (χ4n) is 3.99. The van der Waals surface area contributed by atoms with E-state index < -0.39 is 11.6 Å². The van der Waals surface area contributed by atoms with Gasteiger partial charge in [-0.15, -0.1) is 0 Å². The maximum absolute atomic E-state index is 14.4. The van der Waals surface area contributed by atoms with E-state index in [4.69, 9.17) is 16.6 Å². The lowest BCUT2D eigenvalue weighted by atomic mass is 10.0. The molecule has 0 amide bonds. The van der Waals surface area contributed by atoms with E-state index in [-0.39, 0.29) is 10.6 Å². The van der Waals surface area contributed by atoms with Gasteiger partial charge >= 0.3 is 0 Å². The fraction of sp³-hybridized carbons (Fsp3) is 0.261. The van der Waals surface area contributed by atoms with E-state index >= 15 is 0 Å². The second-order valence-corrected chi connectivity index (χ2v) is 8.29. The predicted octanol–water partition coefficient (Wildman–Crippen LogP) is 5.17. The minimum absolute atomic E-state index is 0.100. The normalized spacial score (nSPS) is 16.4. The van der Waals surface area contributed by atoms with Crippen LogP contribution >= 0.6 is 11.6 Å². The SMILES string of the molecule is Fc1cc(F)c(-c2n[nH]cc2-c2ccc3ncc(NC[C@@H]4CCCCN4)cc3n2)cc1Cl. The van der Waals surface area contributed by atoms with Gasteiger partial charge in [0.1, 0.15) is 17.3 Å². The molecule has 1 fully saturated rings. The monoisotopic (exact) mass is 454 g/mol. The zero-order valence-electron chi connectivity index (χ0n) is 17.1. The van der Waals surface area contributed by atoms with Gasteiger partial charge in [0, 0.05) is 36.0 Å². The molecule has 1 atom stereocenters. The van der Waals surface area contributed by atoms with Crippen LogP contribution in [0.5, 0.6) is 0 Å². The third kappa shape index (κ3) is 4.16. The van der Waals surface area contributed by atoms with Crippen LogP contribution in [-0.4, -0.2) is 39.3 Å². The molecule has 0 unspecified atom stereocenters. The number of piperidine rings is 1. The van der Waals surface area contributed by atoms with E-state index in [9.17, 15) is 8.78 Å². The quantitative estimate of drug-likeness (QED) is 0.362.